The topological polar surface area (TPSA) is 29.3 Å². The lowest BCUT2D eigenvalue weighted by Gasteiger charge is -2.44. The van der Waals surface area contributed by atoms with Gasteiger partial charge in [-0.15, -0.1) is 0 Å². The van der Waals surface area contributed by atoms with Crippen molar-refractivity contribution < 1.29 is 0 Å². The summed E-state index contributed by atoms with van der Waals surface area (Å²) in [7, 11) is 2.23. The van der Waals surface area contributed by atoms with Crippen LogP contribution in [0, 0.1) is 18.8 Å². The molecule has 0 saturated heterocycles. The van der Waals surface area contributed by atoms with E-state index in [1.807, 2.05) is 0 Å². The van der Waals surface area contributed by atoms with Gasteiger partial charge in [-0.05, 0) is 44.2 Å². The van der Waals surface area contributed by atoms with E-state index in [1.165, 1.54) is 11.1 Å². The molecule has 0 saturated carbocycles. The zero-order valence-electron chi connectivity index (χ0n) is 14.8. The quantitative estimate of drug-likeness (QED) is 0.777. The van der Waals surface area contributed by atoms with E-state index in [0.717, 1.165) is 25.9 Å². The Balaban J connectivity index is 2.92. The third-order valence-corrected chi connectivity index (χ3v) is 4.31. The van der Waals surface area contributed by atoms with E-state index >= 15 is 0 Å². The van der Waals surface area contributed by atoms with Crippen LogP contribution in [0.1, 0.15) is 51.7 Å². The molecule has 0 radical (unpaired) electrons. The van der Waals surface area contributed by atoms with Crippen molar-refractivity contribution in [2.45, 2.75) is 59.5 Å². The number of hydrogen-bond acceptors (Lipinski definition) is 2. The van der Waals surface area contributed by atoms with Gasteiger partial charge in [-0.1, -0.05) is 57.5 Å². The maximum Gasteiger partial charge on any atom is 0.0337 e. The van der Waals surface area contributed by atoms with E-state index in [9.17, 15) is 0 Å². The highest BCUT2D eigenvalue weighted by Gasteiger charge is 2.34. The van der Waals surface area contributed by atoms with Crippen molar-refractivity contribution in [3.63, 3.8) is 0 Å². The van der Waals surface area contributed by atoms with Gasteiger partial charge in [0.05, 0.1) is 0 Å². The molecule has 0 amide bonds. The Hall–Kier alpha value is -0.860. The summed E-state index contributed by atoms with van der Waals surface area (Å²) in [4.78, 5) is 2.48. The fourth-order valence-electron chi connectivity index (χ4n) is 3.37. The Kier molecular flexibility index (Phi) is 6.89. The van der Waals surface area contributed by atoms with Crippen molar-refractivity contribution >= 4 is 0 Å². The molecule has 2 heteroatoms. The Morgan fingerprint density at radius 3 is 1.86 bits per heavy atom. The van der Waals surface area contributed by atoms with Crippen LogP contribution in [-0.4, -0.2) is 24.0 Å². The highest BCUT2D eigenvalue weighted by Crippen LogP contribution is 2.30. The second-order valence-electron chi connectivity index (χ2n) is 7.47. The molecule has 0 heterocycles. The third-order valence-electron chi connectivity index (χ3n) is 4.31. The predicted molar refractivity (Wildman–Crippen MR) is 93.3 cm³/mol. The number of aryl methyl sites for hydroxylation is 1. The normalized spacial score (nSPS) is 12.7. The zero-order valence-corrected chi connectivity index (χ0v) is 14.8. The number of benzene rings is 1. The molecule has 1 aromatic carbocycles. The van der Waals surface area contributed by atoms with Crippen molar-refractivity contribution in [1.82, 2.24) is 4.90 Å². The monoisotopic (exact) mass is 290 g/mol. The first-order valence-electron chi connectivity index (χ1n) is 8.26. The van der Waals surface area contributed by atoms with Gasteiger partial charge in [0.2, 0.25) is 0 Å². The van der Waals surface area contributed by atoms with E-state index in [2.05, 4.69) is 70.8 Å². The second-order valence-corrected chi connectivity index (χ2v) is 7.47. The van der Waals surface area contributed by atoms with Crippen molar-refractivity contribution in [2.24, 2.45) is 17.6 Å². The van der Waals surface area contributed by atoms with Crippen LogP contribution in [0.3, 0.4) is 0 Å². The van der Waals surface area contributed by atoms with E-state index in [4.69, 9.17) is 5.73 Å². The van der Waals surface area contributed by atoms with Crippen LogP contribution in [0.5, 0.6) is 0 Å². The minimum atomic E-state index is 0.104. The van der Waals surface area contributed by atoms with Crippen LogP contribution < -0.4 is 5.73 Å². The van der Waals surface area contributed by atoms with Gasteiger partial charge in [0, 0.05) is 18.6 Å². The molecule has 21 heavy (non-hydrogen) atoms. The van der Waals surface area contributed by atoms with Crippen molar-refractivity contribution in [1.29, 1.82) is 0 Å². The molecule has 120 valence electrons. The molecule has 0 aromatic heterocycles. The molecule has 0 unspecified atom stereocenters. The molecule has 2 N–H and O–H groups in total. The van der Waals surface area contributed by atoms with E-state index < -0.39 is 0 Å². The van der Waals surface area contributed by atoms with Gasteiger partial charge in [-0.25, -0.2) is 0 Å². The minimum Gasteiger partial charge on any atom is -0.329 e. The van der Waals surface area contributed by atoms with Crippen LogP contribution in [0.2, 0.25) is 0 Å². The van der Waals surface area contributed by atoms with E-state index in [0.29, 0.717) is 11.8 Å². The molecule has 0 bridgehead atoms. The first-order chi connectivity index (χ1) is 9.79. The lowest BCUT2D eigenvalue weighted by Crippen LogP contribution is -2.53. The molecule has 1 rings (SSSR count). The standard InChI is InChI=1S/C19H34N2/c1-15(2)11-19(14-20,12-16(3)4)21(6)13-18-9-7-17(5)8-10-18/h7-10,15-16H,11-14,20H2,1-6H3. The predicted octanol–water partition coefficient (Wildman–Crippen LogP) is 4.22. The fourth-order valence-corrected chi connectivity index (χ4v) is 3.37. The minimum absolute atomic E-state index is 0.104. The third kappa shape index (κ3) is 5.44. The summed E-state index contributed by atoms with van der Waals surface area (Å²) in [6.07, 6.45) is 2.31. The number of nitrogens with two attached hydrogens (primary N) is 1. The summed E-state index contributed by atoms with van der Waals surface area (Å²) >= 11 is 0. The Labute approximate surface area is 131 Å². The van der Waals surface area contributed by atoms with Gasteiger partial charge >= 0.3 is 0 Å². The smallest absolute Gasteiger partial charge is 0.0337 e. The Morgan fingerprint density at radius 2 is 1.48 bits per heavy atom. The number of hydrogen-bond donors (Lipinski definition) is 1. The summed E-state index contributed by atoms with van der Waals surface area (Å²) in [6, 6.07) is 8.85. The first-order valence-corrected chi connectivity index (χ1v) is 8.26. The van der Waals surface area contributed by atoms with Crippen LogP contribution in [0.25, 0.3) is 0 Å². The summed E-state index contributed by atoms with van der Waals surface area (Å²) in [5, 5.41) is 0. The molecule has 0 aliphatic rings. The van der Waals surface area contributed by atoms with Crippen molar-refractivity contribution in [2.75, 3.05) is 13.6 Å². The number of likely N-dealkylation sites (N-methyl/N-ethyl adjacent to an activating group) is 1. The summed E-state index contributed by atoms with van der Waals surface area (Å²) in [5.41, 5.74) is 9.03. The van der Waals surface area contributed by atoms with Crippen LogP contribution >= 0.6 is 0 Å². The van der Waals surface area contributed by atoms with Crippen LogP contribution in [0.15, 0.2) is 24.3 Å². The number of rotatable bonds is 8. The molecule has 0 aliphatic heterocycles. The maximum atomic E-state index is 6.24. The summed E-state index contributed by atoms with van der Waals surface area (Å²) in [5.74, 6) is 1.32. The average molecular weight is 290 g/mol. The van der Waals surface area contributed by atoms with Gasteiger partial charge < -0.3 is 5.73 Å². The lowest BCUT2D eigenvalue weighted by atomic mass is 9.80. The van der Waals surface area contributed by atoms with Gasteiger partial charge in [0.25, 0.3) is 0 Å². The Bertz CT molecular complexity index is 396. The summed E-state index contributed by atoms with van der Waals surface area (Å²) < 4.78 is 0. The van der Waals surface area contributed by atoms with Gasteiger partial charge in [0.15, 0.2) is 0 Å². The average Bonchev–Trinajstić information content (AvgIpc) is 2.39. The molecule has 0 aliphatic carbocycles. The number of nitrogens with zero attached hydrogens (tertiary/aromatic N) is 1. The molecular formula is C19H34N2. The van der Waals surface area contributed by atoms with Gasteiger partial charge in [-0.2, -0.15) is 0 Å². The second kappa shape index (κ2) is 7.95. The summed E-state index contributed by atoms with van der Waals surface area (Å²) in [6.45, 7) is 13.0. The lowest BCUT2D eigenvalue weighted by molar-refractivity contribution is 0.0714. The van der Waals surface area contributed by atoms with Gasteiger partial charge in [-0.3, -0.25) is 4.90 Å². The molecular weight excluding hydrogens is 256 g/mol. The molecule has 0 fully saturated rings. The van der Waals surface area contributed by atoms with Crippen LogP contribution in [0.4, 0.5) is 0 Å². The zero-order chi connectivity index (χ0) is 16.0. The van der Waals surface area contributed by atoms with Crippen molar-refractivity contribution in [3.05, 3.63) is 35.4 Å². The van der Waals surface area contributed by atoms with Crippen molar-refractivity contribution in [3.8, 4) is 0 Å². The molecule has 1 aromatic rings. The maximum absolute atomic E-state index is 6.24. The Morgan fingerprint density at radius 1 is 1.00 bits per heavy atom. The fraction of sp³-hybridized carbons (Fsp3) is 0.684. The van der Waals surface area contributed by atoms with Gasteiger partial charge in [0.1, 0.15) is 0 Å². The largest absolute Gasteiger partial charge is 0.329 e. The molecule has 2 nitrogen and oxygen atoms in total. The molecule has 0 spiro atoms. The highest BCUT2D eigenvalue weighted by molar-refractivity contribution is 5.21. The highest BCUT2D eigenvalue weighted by atomic mass is 15.2. The van der Waals surface area contributed by atoms with Crippen LogP contribution in [-0.2, 0) is 6.54 Å². The molecule has 0 atom stereocenters. The van der Waals surface area contributed by atoms with E-state index in [1.54, 1.807) is 0 Å². The SMILES string of the molecule is Cc1ccc(CN(C)C(CN)(CC(C)C)CC(C)C)cc1. The first kappa shape index (κ1) is 18.2. The van der Waals surface area contributed by atoms with E-state index in [-0.39, 0.29) is 5.54 Å².